The minimum Gasteiger partial charge on any atom is -0.306 e. The molecule has 0 saturated carbocycles. The molecule has 20 heavy (non-hydrogen) atoms. The van der Waals surface area contributed by atoms with Crippen LogP contribution in [0.25, 0.3) is 0 Å². The van der Waals surface area contributed by atoms with E-state index in [2.05, 4.69) is 21.2 Å². The molecule has 0 aliphatic rings. The van der Waals surface area contributed by atoms with Crippen LogP contribution >= 0.6 is 27.3 Å². The van der Waals surface area contributed by atoms with Gasteiger partial charge in [0.05, 0.1) is 10.5 Å². The number of hydrogen-bond acceptors (Lipinski definition) is 2. The number of benzene rings is 1. The molecule has 1 nitrogen and oxygen atoms in total. The molecule has 1 N–H and O–H groups in total. The minimum absolute atomic E-state index is 0.0717. The number of hydrogen-bond donors (Lipinski definition) is 1. The van der Waals surface area contributed by atoms with Crippen molar-refractivity contribution >= 4 is 27.3 Å². The lowest BCUT2D eigenvalue weighted by Crippen LogP contribution is -2.23. The summed E-state index contributed by atoms with van der Waals surface area (Å²) in [6.07, 6.45) is 0. The van der Waals surface area contributed by atoms with Crippen molar-refractivity contribution in [3.63, 3.8) is 0 Å². The SMILES string of the molecule is CCNC(c1cc(C)c(C)s1)c1c(F)ccc(Br)c1F. The fraction of sp³-hybridized carbons (Fsp3) is 0.333. The van der Waals surface area contributed by atoms with E-state index < -0.39 is 17.7 Å². The van der Waals surface area contributed by atoms with Crippen LogP contribution in [0.3, 0.4) is 0 Å². The molecule has 0 aliphatic heterocycles. The number of aryl methyl sites for hydroxylation is 2. The molecular formula is C15H16BrF2NS. The standard InChI is InChI=1S/C15H16BrF2NS/c1-4-19-15(12-7-8(2)9(3)20-12)13-11(17)6-5-10(16)14(13)18/h5-7,15,19H,4H2,1-3H3. The molecular weight excluding hydrogens is 344 g/mol. The van der Waals surface area contributed by atoms with E-state index in [0.29, 0.717) is 6.54 Å². The Labute approximate surface area is 130 Å². The number of nitrogens with one attached hydrogen (secondary N) is 1. The van der Waals surface area contributed by atoms with Crippen molar-refractivity contribution < 1.29 is 8.78 Å². The van der Waals surface area contributed by atoms with Gasteiger partial charge >= 0.3 is 0 Å². The second-order valence-electron chi connectivity index (χ2n) is 4.64. The van der Waals surface area contributed by atoms with Crippen molar-refractivity contribution in [2.24, 2.45) is 0 Å². The molecule has 1 aromatic heterocycles. The maximum atomic E-state index is 14.3. The van der Waals surface area contributed by atoms with Gasteiger partial charge in [0.1, 0.15) is 11.6 Å². The number of rotatable bonds is 4. The van der Waals surface area contributed by atoms with Crippen molar-refractivity contribution in [3.8, 4) is 0 Å². The molecule has 0 spiro atoms. The molecule has 0 bridgehead atoms. The number of halogens is 3. The van der Waals surface area contributed by atoms with Gasteiger partial charge in [-0.1, -0.05) is 6.92 Å². The normalized spacial score (nSPS) is 12.7. The van der Waals surface area contributed by atoms with E-state index in [0.717, 1.165) is 10.4 Å². The van der Waals surface area contributed by atoms with Crippen LogP contribution < -0.4 is 5.32 Å². The van der Waals surface area contributed by atoms with Gasteiger partial charge in [0.25, 0.3) is 0 Å². The lowest BCUT2D eigenvalue weighted by atomic mass is 10.0. The molecule has 0 amide bonds. The molecule has 0 aliphatic carbocycles. The summed E-state index contributed by atoms with van der Waals surface area (Å²) in [7, 11) is 0. The third-order valence-electron chi connectivity index (χ3n) is 3.25. The van der Waals surface area contributed by atoms with Gasteiger partial charge < -0.3 is 5.32 Å². The Morgan fingerprint density at radius 3 is 2.55 bits per heavy atom. The average Bonchev–Trinajstić information content (AvgIpc) is 2.73. The molecule has 5 heteroatoms. The van der Waals surface area contributed by atoms with E-state index in [4.69, 9.17) is 0 Å². The van der Waals surface area contributed by atoms with Crippen LogP contribution in [0.15, 0.2) is 22.7 Å². The fourth-order valence-electron chi connectivity index (χ4n) is 2.10. The molecule has 2 rings (SSSR count). The van der Waals surface area contributed by atoms with Crippen LogP contribution in [0.2, 0.25) is 0 Å². The van der Waals surface area contributed by atoms with E-state index in [1.165, 1.54) is 17.0 Å². The lowest BCUT2D eigenvalue weighted by Gasteiger charge is -2.19. The summed E-state index contributed by atoms with van der Waals surface area (Å²) >= 11 is 4.70. The maximum Gasteiger partial charge on any atom is 0.145 e. The molecule has 2 aromatic rings. The first-order chi connectivity index (χ1) is 9.45. The highest BCUT2D eigenvalue weighted by Gasteiger charge is 2.24. The summed E-state index contributed by atoms with van der Waals surface area (Å²) < 4.78 is 28.7. The second kappa shape index (κ2) is 6.33. The molecule has 108 valence electrons. The average molecular weight is 360 g/mol. The summed E-state index contributed by atoms with van der Waals surface area (Å²) in [5, 5.41) is 3.17. The van der Waals surface area contributed by atoms with Gasteiger partial charge in [0.2, 0.25) is 0 Å². The summed E-state index contributed by atoms with van der Waals surface area (Å²) in [5.41, 5.74) is 1.21. The summed E-state index contributed by atoms with van der Waals surface area (Å²) in [4.78, 5) is 2.09. The Bertz CT molecular complexity index is 605. The molecule has 0 fully saturated rings. The molecule has 1 unspecified atom stereocenters. The topological polar surface area (TPSA) is 12.0 Å². The molecule has 1 heterocycles. The molecule has 1 aromatic carbocycles. The zero-order valence-corrected chi connectivity index (χ0v) is 14.0. The highest BCUT2D eigenvalue weighted by Crippen LogP contribution is 2.35. The van der Waals surface area contributed by atoms with Crippen molar-refractivity contribution in [2.45, 2.75) is 26.8 Å². The van der Waals surface area contributed by atoms with E-state index in [1.807, 2.05) is 26.8 Å². The fourth-order valence-corrected chi connectivity index (χ4v) is 3.57. The molecule has 1 atom stereocenters. The Morgan fingerprint density at radius 2 is 2.00 bits per heavy atom. The third kappa shape index (κ3) is 2.95. The quantitative estimate of drug-likeness (QED) is 0.748. The summed E-state index contributed by atoms with van der Waals surface area (Å²) in [5.74, 6) is -1.07. The first-order valence-corrected chi connectivity index (χ1v) is 8.00. The zero-order chi connectivity index (χ0) is 14.9. The number of thiophene rings is 1. The first-order valence-electron chi connectivity index (χ1n) is 6.39. The zero-order valence-electron chi connectivity index (χ0n) is 11.6. The van der Waals surface area contributed by atoms with Gasteiger partial charge in [0, 0.05) is 15.3 Å². The van der Waals surface area contributed by atoms with Crippen LogP contribution in [0.4, 0.5) is 8.78 Å². The second-order valence-corrected chi connectivity index (χ2v) is 6.78. The highest BCUT2D eigenvalue weighted by atomic mass is 79.9. The van der Waals surface area contributed by atoms with Crippen molar-refractivity contribution in [1.29, 1.82) is 0 Å². The van der Waals surface area contributed by atoms with Crippen molar-refractivity contribution in [1.82, 2.24) is 5.32 Å². The predicted molar refractivity (Wildman–Crippen MR) is 83.4 cm³/mol. The van der Waals surface area contributed by atoms with Crippen LogP contribution in [0.1, 0.15) is 33.8 Å². The van der Waals surface area contributed by atoms with Crippen molar-refractivity contribution in [2.75, 3.05) is 6.54 Å². The van der Waals surface area contributed by atoms with Crippen LogP contribution in [-0.4, -0.2) is 6.54 Å². The van der Waals surface area contributed by atoms with Gasteiger partial charge in [-0.2, -0.15) is 0 Å². The van der Waals surface area contributed by atoms with Gasteiger partial charge in [-0.25, -0.2) is 8.78 Å². The monoisotopic (exact) mass is 359 g/mol. The lowest BCUT2D eigenvalue weighted by molar-refractivity contribution is 0.510. The summed E-state index contributed by atoms with van der Waals surface area (Å²) in [6.45, 7) is 6.58. The third-order valence-corrected chi connectivity index (χ3v) is 5.08. The Hall–Kier alpha value is -0.780. The van der Waals surface area contributed by atoms with E-state index in [-0.39, 0.29) is 10.0 Å². The van der Waals surface area contributed by atoms with Crippen LogP contribution in [0, 0.1) is 25.5 Å². The highest BCUT2D eigenvalue weighted by molar-refractivity contribution is 9.10. The Kier molecular flexibility index (Phi) is 4.94. The van der Waals surface area contributed by atoms with Crippen LogP contribution in [0.5, 0.6) is 0 Å². The van der Waals surface area contributed by atoms with Gasteiger partial charge in [-0.15, -0.1) is 11.3 Å². The largest absolute Gasteiger partial charge is 0.306 e. The smallest absolute Gasteiger partial charge is 0.145 e. The van der Waals surface area contributed by atoms with E-state index >= 15 is 0 Å². The Morgan fingerprint density at radius 1 is 1.30 bits per heavy atom. The minimum atomic E-state index is -0.542. The molecule has 0 radical (unpaired) electrons. The first kappa shape index (κ1) is 15.6. The van der Waals surface area contributed by atoms with Crippen LogP contribution in [-0.2, 0) is 0 Å². The van der Waals surface area contributed by atoms with Gasteiger partial charge in [-0.3, -0.25) is 0 Å². The predicted octanol–water partition coefficient (Wildman–Crippen LogP) is 5.10. The Balaban J connectivity index is 2.57. The van der Waals surface area contributed by atoms with Gasteiger partial charge in [0.15, 0.2) is 0 Å². The molecule has 0 saturated heterocycles. The van der Waals surface area contributed by atoms with Gasteiger partial charge in [-0.05, 0) is 60.1 Å². The van der Waals surface area contributed by atoms with Crippen molar-refractivity contribution in [3.05, 3.63) is 55.2 Å². The van der Waals surface area contributed by atoms with E-state index in [9.17, 15) is 8.78 Å². The summed E-state index contributed by atoms with van der Waals surface area (Å²) in [6, 6.07) is 4.21. The van der Waals surface area contributed by atoms with E-state index in [1.54, 1.807) is 11.3 Å². The maximum absolute atomic E-state index is 14.3.